The molecule has 0 aliphatic heterocycles. The van der Waals surface area contributed by atoms with Gasteiger partial charge in [0.2, 0.25) is 0 Å². The number of H-pyrrole nitrogens is 1. The van der Waals surface area contributed by atoms with Crippen LogP contribution in [0.15, 0.2) is 78.9 Å². The second-order valence-corrected chi connectivity index (χ2v) is 5.73. The predicted octanol–water partition coefficient (Wildman–Crippen LogP) is 6.16. The first-order valence-electron chi connectivity index (χ1n) is 7.25. The van der Waals surface area contributed by atoms with E-state index in [1.54, 1.807) is 0 Å². The van der Waals surface area contributed by atoms with E-state index >= 15 is 0 Å². The fourth-order valence-electron chi connectivity index (χ4n) is 2.90. The summed E-state index contributed by atoms with van der Waals surface area (Å²) in [5, 5.41) is 1.93. The highest BCUT2D eigenvalue weighted by atomic mass is 35.5. The molecule has 0 aliphatic rings. The van der Waals surface area contributed by atoms with E-state index in [2.05, 4.69) is 59.6 Å². The molecule has 0 unspecified atom stereocenters. The quantitative estimate of drug-likeness (QED) is 0.457. The van der Waals surface area contributed by atoms with E-state index in [1.165, 1.54) is 22.1 Å². The van der Waals surface area contributed by atoms with Crippen molar-refractivity contribution in [2.24, 2.45) is 0 Å². The molecule has 1 N–H and O–H groups in total. The highest BCUT2D eigenvalue weighted by Gasteiger charge is 2.14. The molecule has 0 bridgehead atoms. The summed E-state index contributed by atoms with van der Waals surface area (Å²) in [5.41, 5.74) is 5.79. The molecule has 22 heavy (non-hydrogen) atoms. The molecular formula is C20H14ClN. The van der Waals surface area contributed by atoms with Crippen LogP contribution < -0.4 is 0 Å². The second-order valence-electron chi connectivity index (χ2n) is 5.30. The molecule has 4 aromatic rings. The monoisotopic (exact) mass is 303 g/mol. The summed E-state index contributed by atoms with van der Waals surface area (Å²) in [7, 11) is 0. The smallest absolute Gasteiger partial charge is 0.0544 e. The summed E-state index contributed by atoms with van der Waals surface area (Å²) < 4.78 is 0. The second kappa shape index (κ2) is 5.36. The SMILES string of the molecule is Clc1ccc2c(-c3ccccc3)c(-c3ccccc3)[nH]c2c1. The number of nitrogens with one attached hydrogen (secondary N) is 1. The number of halogens is 1. The molecule has 0 fully saturated rings. The number of rotatable bonds is 2. The molecular weight excluding hydrogens is 290 g/mol. The van der Waals surface area contributed by atoms with Crippen LogP contribution in [0.25, 0.3) is 33.3 Å². The van der Waals surface area contributed by atoms with Crippen molar-refractivity contribution >= 4 is 22.5 Å². The maximum atomic E-state index is 6.15. The van der Waals surface area contributed by atoms with Crippen LogP contribution in [-0.2, 0) is 0 Å². The Hall–Kier alpha value is -2.51. The largest absolute Gasteiger partial charge is 0.354 e. The first-order chi connectivity index (χ1) is 10.8. The number of hydrogen-bond acceptors (Lipinski definition) is 0. The Morgan fingerprint density at radius 3 is 2.00 bits per heavy atom. The van der Waals surface area contributed by atoms with Gasteiger partial charge in [-0.25, -0.2) is 0 Å². The van der Waals surface area contributed by atoms with Gasteiger partial charge in [0.25, 0.3) is 0 Å². The lowest BCUT2D eigenvalue weighted by molar-refractivity contribution is 1.45. The van der Waals surface area contributed by atoms with Gasteiger partial charge in [-0.15, -0.1) is 0 Å². The predicted molar refractivity (Wildman–Crippen MR) is 94.2 cm³/mol. The minimum absolute atomic E-state index is 0.743. The van der Waals surface area contributed by atoms with Crippen LogP contribution in [0.1, 0.15) is 0 Å². The highest BCUT2D eigenvalue weighted by molar-refractivity contribution is 6.31. The topological polar surface area (TPSA) is 15.8 Å². The first-order valence-corrected chi connectivity index (χ1v) is 7.63. The fourth-order valence-corrected chi connectivity index (χ4v) is 3.07. The summed E-state index contributed by atoms with van der Waals surface area (Å²) in [6.45, 7) is 0. The Labute approximate surface area is 134 Å². The van der Waals surface area contributed by atoms with Gasteiger partial charge in [0.05, 0.1) is 5.69 Å². The van der Waals surface area contributed by atoms with Crippen LogP contribution in [0.3, 0.4) is 0 Å². The van der Waals surface area contributed by atoms with E-state index in [0.717, 1.165) is 16.2 Å². The lowest BCUT2D eigenvalue weighted by Gasteiger charge is -2.05. The number of aromatic amines is 1. The Bertz CT molecular complexity index is 924. The third kappa shape index (κ3) is 2.20. The van der Waals surface area contributed by atoms with Gasteiger partial charge in [0.1, 0.15) is 0 Å². The zero-order valence-corrected chi connectivity index (χ0v) is 12.6. The van der Waals surface area contributed by atoms with Gasteiger partial charge in [0.15, 0.2) is 0 Å². The third-order valence-corrected chi connectivity index (χ3v) is 4.12. The lowest BCUT2D eigenvalue weighted by Crippen LogP contribution is -1.82. The van der Waals surface area contributed by atoms with Crippen LogP contribution in [0.4, 0.5) is 0 Å². The maximum absolute atomic E-state index is 6.15. The van der Waals surface area contributed by atoms with Crippen LogP contribution in [0, 0.1) is 0 Å². The van der Waals surface area contributed by atoms with Gasteiger partial charge in [-0.05, 0) is 23.3 Å². The first kappa shape index (κ1) is 13.2. The highest BCUT2D eigenvalue weighted by Crippen LogP contribution is 2.38. The molecule has 2 heteroatoms. The average molecular weight is 304 g/mol. The Balaban J connectivity index is 2.07. The molecule has 1 heterocycles. The van der Waals surface area contributed by atoms with E-state index in [4.69, 9.17) is 11.6 Å². The molecule has 3 aromatic carbocycles. The lowest BCUT2D eigenvalue weighted by atomic mass is 9.98. The molecule has 0 saturated carbocycles. The maximum Gasteiger partial charge on any atom is 0.0544 e. The molecule has 0 atom stereocenters. The Morgan fingerprint density at radius 2 is 1.32 bits per heavy atom. The van der Waals surface area contributed by atoms with Crippen molar-refractivity contribution in [2.75, 3.05) is 0 Å². The number of benzene rings is 3. The molecule has 4 rings (SSSR count). The molecule has 0 amide bonds. The van der Waals surface area contributed by atoms with E-state index < -0.39 is 0 Å². The van der Waals surface area contributed by atoms with Crippen molar-refractivity contribution in [1.29, 1.82) is 0 Å². The van der Waals surface area contributed by atoms with Crippen molar-refractivity contribution < 1.29 is 0 Å². The number of hydrogen-bond donors (Lipinski definition) is 1. The van der Waals surface area contributed by atoms with Crippen molar-refractivity contribution in [3.8, 4) is 22.4 Å². The Morgan fingerprint density at radius 1 is 0.682 bits per heavy atom. The van der Waals surface area contributed by atoms with E-state index in [9.17, 15) is 0 Å². The summed E-state index contributed by atoms with van der Waals surface area (Å²) in [6, 6.07) is 26.9. The number of aromatic nitrogens is 1. The van der Waals surface area contributed by atoms with Crippen molar-refractivity contribution in [3.05, 3.63) is 83.9 Å². The molecule has 1 nitrogen and oxygen atoms in total. The average Bonchev–Trinajstić information content (AvgIpc) is 2.95. The molecule has 106 valence electrons. The Kier molecular flexibility index (Phi) is 3.21. The van der Waals surface area contributed by atoms with E-state index in [-0.39, 0.29) is 0 Å². The van der Waals surface area contributed by atoms with Gasteiger partial charge >= 0.3 is 0 Å². The summed E-state index contributed by atoms with van der Waals surface area (Å²) >= 11 is 6.15. The van der Waals surface area contributed by atoms with Crippen molar-refractivity contribution in [2.45, 2.75) is 0 Å². The molecule has 1 aromatic heterocycles. The third-order valence-electron chi connectivity index (χ3n) is 3.89. The van der Waals surface area contributed by atoms with Gasteiger partial charge in [-0.3, -0.25) is 0 Å². The van der Waals surface area contributed by atoms with Crippen LogP contribution in [-0.4, -0.2) is 4.98 Å². The van der Waals surface area contributed by atoms with Gasteiger partial charge in [-0.1, -0.05) is 78.3 Å². The van der Waals surface area contributed by atoms with Gasteiger partial charge in [-0.2, -0.15) is 0 Å². The minimum Gasteiger partial charge on any atom is -0.354 e. The summed E-state index contributed by atoms with van der Waals surface area (Å²) in [5.74, 6) is 0. The van der Waals surface area contributed by atoms with Gasteiger partial charge in [0, 0.05) is 21.5 Å². The molecule has 0 aliphatic carbocycles. The normalized spacial score (nSPS) is 11.0. The van der Waals surface area contributed by atoms with Crippen molar-refractivity contribution in [3.63, 3.8) is 0 Å². The zero-order valence-electron chi connectivity index (χ0n) is 11.9. The summed E-state index contributed by atoms with van der Waals surface area (Å²) in [6.07, 6.45) is 0. The zero-order chi connectivity index (χ0) is 14.9. The molecule has 0 spiro atoms. The van der Waals surface area contributed by atoms with E-state index in [1.807, 2.05) is 24.3 Å². The standard InChI is InChI=1S/C20H14ClN/c21-16-11-12-17-18(13-16)22-20(15-9-5-2-6-10-15)19(17)14-7-3-1-4-8-14/h1-13,22H. The molecule has 0 saturated heterocycles. The van der Waals surface area contributed by atoms with Crippen LogP contribution >= 0.6 is 11.6 Å². The summed E-state index contributed by atoms with van der Waals surface area (Å²) in [4.78, 5) is 3.54. The molecule has 0 radical (unpaired) electrons. The van der Waals surface area contributed by atoms with Crippen LogP contribution in [0.5, 0.6) is 0 Å². The van der Waals surface area contributed by atoms with Crippen LogP contribution in [0.2, 0.25) is 5.02 Å². The van der Waals surface area contributed by atoms with Gasteiger partial charge < -0.3 is 4.98 Å². The van der Waals surface area contributed by atoms with Crippen molar-refractivity contribution in [1.82, 2.24) is 4.98 Å². The van der Waals surface area contributed by atoms with E-state index in [0.29, 0.717) is 0 Å². The minimum atomic E-state index is 0.743. The fraction of sp³-hybridized carbons (Fsp3) is 0. The number of fused-ring (bicyclic) bond motifs is 1.